The van der Waals surface area contributed by atoms with E-state index in [1.165, 1.54) is 17.4 Å². The standard InChI is InChI=1S/C8H4INO3S/c9-6-7(10(12)13)5(11)3-4-1-2-14-8(4)6/h1-3,11H. The summed E-state index contributed by atoms with van der Waals surface area (Å²) in [4.78, 5) is 10.1. The molecule has 6 heteroatoms. The molecule has 1 heterocycles. The van der Waals surface area contributed by atoms with Gasteiger partial charge in [0.1, 0.15) is 3.57 Å². The van der Waals surface area contributed by atoms with Crippen LogP contribution in [0.5, 0.6) is 5.75 Å². The minimum absolute atomic E-state index is 0.208. The first kappa shape index (κ1) is 9.66. The lowest BCUT2D eigenvalue weighted by molar-refractivity contribution is -0.386. The fourth-order valence-corrected chi connectivity index (χ4v) is 3.20. The summed E-state index contributed by atoms with van der Waals surface area (Å²) in [6.07, 6.45) is 0. The highest BCUT2D eigenvalue weighted by molar-refractivity contribution is 14.1. The van der Waals surface area contributed by atoms with Gasteiger partial charge in [-0.25, -0.2) is 0 Å². The summed E-state index contributed by atoms with van der Waals surface area (Å²) in [5.74, 6) is -0.273. The lowest BCUT2D eigenvalue weighted by Crippen LogP contribution is -1.91. The van der Waals surface area contributed by atoms with Crippen LogP contribution in [0.1, 0.15) is 0 Å². The van der Waals surface area contributed by atoms with Crippen LogP contribution in [0.25, 0.3) is 10.1 Å². The van der Waals surface area contributed by atoms with Gasteiger partial charge in [-0.1, -0.05) is 0 Å². The van der Waals surface area contributed by atoms with E-state index < -0.39 is 4.92 Å². The summed E-state index contributed by atoms with van der Waals surface area (Å²) < 4.78 is 1.34. The van der Waals surface area contributed by atoms with Crippen LogP contribution in [-0.2, 0) is 0 Å². The summed E-state index contributed by atoms with van der Waals surface area (Å²) in [6.45, 7) is 0. The largest absolute Gasteiger partial charge is 0.502 e. The van der Waals surface area contributed by atoms with Gasteiger partial charge in [-0.3, -0.25) is 10.1 Å². The predicted molar refractivity (Wildman–Crippen MR) is 62.9 cm³/mol. The van der Waals surface area contributed by atoms with Crippen molar-refractivity contribution in [3.8, 4) is 5.75 Å². The molecule has 72 valence electrons. The highest BCUT2D eigenvalue weighted by atomic mass is 127. The molecule has 0 fully saturated rings. The monoisotopic (exact) mass is 321 g/mol. The van der Waals surface area contributed by atoms with Crippen LogP contribution in [-0.4, -0.2) is 10.0 Å². The van der Waals surface area contributed by atoms with Crippen molar-refractivity contribution in [2.45, 2.75) is 0 Å². The first-order valence-corrected chi connectivity index (χ1v) is 5.60. The van der Waals surface area contributed by atoms with Crippen molar-refractivity contribution in [3.05, 3.63) is 31.2 Å². The Morgan fingerprint density at radius 2 is 2.29 bits per heavy atom. The predicted octanol–water partition coefficient (Wildman–Crippen LogP) is 3.12. The number of hydrogen-bond acceptors (Lipinski definition) is 4. The molecule has 1 aromatic carbocycles. The zero-order valence-corrected chi connectivity index (χ0v) is 9.70. The van der Waals surface area contributed by atoms with Gasteiger partial charge in [-0.15, -0.1) is 11.3 Å². The summed E-state index contributed by atoms with van der Waals surface area (Å²) in [5, 5.41) is 22.8. The van der Waals surface area contributed by atoms with Crippen molar-refractivity contribution in [2.24, 2.45) is 0 Å². The molecular weight excluding hydrogens is 317 g/mol. The van der Waals surface area contributed by atoms with Crippen LogP contribution in [0.3, 0.4) is 0 Å². The van der Waals surface area contributed by atoms with Crippen LogP contribution in [0.4, 0.5) is 5.69 Å². The third kappa shape index (κ3) is 1.34. The number of thiophene rings is 1. The fraction of sp³-hybridized carbons (Fsp3) is 0. The molecule has 0 atom stereocenters. The molecule has 0 bridgehead atoms. The van der Waals surface area contributed by atoms with Crippen LogP contribution in [0, 0.1) is 13.7 Å². The number of nitrogens with zero attached hydrogens (tertiary/aromatic N) is 1. The lowest BCUT2D eigenvalue weighted by Gasteiger charge is -1.99. The van der Waals surface area contributed by atoms with E-state index in [9.17, 15) is 15.2 Å². The van der Waals surface area contributed by atoms with E-state index in [0.29, 0.717) is 3.57 Å². The zero-order chi connectivity index (χ0) is 10.3. The van der Waals surface area contributed by atoms with E-state index in [-0.39, 0.29) is 11.4 Å². The number of rotatable bonds is 1. The topological polar surface area (TPSA) is 63.4 Å². The molecule has 0 saturated heterocycles. The van der Waals surface area contributed by atoms with Gasteiger partial charge in [0.25, 0.3) is 0 Å². The van der Waals surface area contributed by atoms with Crippen molar-refractivity contribution in [3.63, 3.8) is 0 Å². The Kier molecular flexibility index (Phi) is 2.31. The Labute approximate surface area is 96.5 Å². The second-order valence-electron chi connectivity index (χ2n) is 2.65. The number of phenols is 1. The minimum Gasteiger partial charge on any atom is -0.502 e. The molecule has 14 heavy (non-hydrogen) atoms. The second kappa shape index (κ2) is 3.35. The summed E-state index contributed by atoms with van der Waals surface area (Å²) in [7, 11) is 0. The molecular formula is C8H4INO3S. The molecule has 0 aliphatic heterocycles. The molecule has 0 radical (unpaired) electrons. The van der Waals surface area contributed by atoms with Gasteiger partial charge >= 0.3 is 5.69 Å². The smallest absolute Gasteiger partial charge is 0.325 e. The third-order valence-corrected chi connectivity index (χ3v) is 4.18. The van der Waals surface area contributed by atoms with Gasteiger partial charge in [0.05, 0.1) is 9.62 Å². The zero-order valence-electron chi connectivity index (χ0n) is 6.73. The maximum atomic E-state index is 10.7. The fourth-order valence-electron chi connectivity index (χ4n) is 1.22. The molecule has 0 aliphatic carbocycles. The van der Waals surface area contributed by atoms with Crippen molar-refractivity contribution in [2.75, 3.05) is 0 Å². The maximum absolute atomic E-state index is 10.7. The lowest BCUT2D eigenvalue weighted by atomic mass is 10.2. The van der Waals surface area contributed by atoms with Crippen molar-refractivity contribution in [1.29, 1.82) is 0 Å². The number of phenolic OH excluding ortho intramolecular Hbond substituents is 1. The average molecular weight is 321 g/mol. The van der Waals surface area contributed by atoms with E-state index in [2.05, 4.69) is 0 Å². The molecule has 2 aromatic rings. The van der Waals surface area contributed by atoms with Gasteiger partial charge in [0, 0.05) is 0 Å². The molecule has 1 N–H and O–H groups in total. The summed E-state index contributed by atoms with van der Waals surface area (Å²) >= 11 is 3.32. The molecule has 0 saturated carbocycles. The van der Waals surface area contributed by atoms with Gasteiger partial charge in [-0.05, 0) is 45.5 Å². The maximum Gasteiger partial charge on any atom is 0.325 e. The van der Waals surface area contributed by atoms with E-state index in [1.54, 1.807) is 0 Å². The Balaban J connectivity index is 2.89. The molecule has 0 aliphatic rings. The Morgan fingerprint density at radius 3 is 2.93 bits per heavy atom. The molecule has 1 aromatic heterocycles. The van der Waals surface area contributed by atoms with Crippen molar-refractivity contribution >= 4 is 49.7 Å². The molecule has 4 nitrogen and oxygen atoms in total. The van der Waals surface area contributed by atoms with Crippen molar-refractivity contribution in [1.82, 2.24) is 0 Å². The molecule has 0 amide bonds. The number of nitro benzene ring substituents is 1. The van der Waals surface area contributed by atoms with Crippen LogP contribution in [0.2, 0.25) is 0 Å². The SMILES string of the molecule is O=[N+]([O-])c1c(O)cc2ccsc2c1I. The number of halogens is 1. The van der Waals surface area contributed by atoms with E-state index >= 15 is 0 Å². The number of benzene rings is 1. The first-order chi connectivity index (χ1) is 6.61. The normalized spacial score (nSPS) is 10.6. The third-order valence-electron chi connectivity index (χ3n) is 1.82. The summed E-state index contributed by atoms with van der Waals surface area (Å²) in [5.41, 5.74) is -0.208. The van der Waals surface area contributed by atoms with E-state index in [0.717, 1.165) is 10.1 Å². The number of hydrogen-bond donors (Lipinski definition) is 1. The van der Waals surface area contributed by atoms with Gasteiger partial charge < -0.3 is 5.11 Å². The van der Waals surface area contributed by atoms with Gasteiger partial charge in [0.2, 0.25) is 0 Å². The molecule has 0 unspecified atom stereocenters. The van der Waals surface area contributed by atoms with E-state index in [4.69, 9.17) is 0 Å². The summed E-state index contributed by atoms with van der Waals surface area (Å²) in [6, 6.07) is 3.25. The highest BCUT2D eigenvalue weighted by Crippen LogP contribution is 2.39. The number of nitro groups is 1. The molecule has 0 spiro atoms. The Hall–Kier alpha value is -0.890. The number of aromatic hydroxyl groups is 1. The first-order valence-electron chi connectivity index (χ1n) is 3.64. The quantitative estimate of drug-likeness (QED) is 0.499. The van der Waals surface area contributed by atoms with Crippen LogP contribution < -0.4 is 0 Å². The second-order valence-corrected chi connectivity index (χ2v) is 4.65. The Morgan fingerprint density at radius 1 is 1.57 bits per heavy atom. The van der Waals surface area contributed by atoms with Crippen LogP contribution in [0.15, 0.2) is 17.5 Å². The van der Waals surface area contributed by atoms with Crippen LogP contribution >= 0.6 is 33.9 Å². The highest BCUT2D eigenvalue weighted by Gasteiger charge is 2.21. The average Bonchev–Trinajstić information content (AvgIpc) is 2.50. The minimum atomic E-state index is -0.559. The molecule has 2 rings (SSSR count). The van der Waals surface area contributed by atoms with E-state index in [1.807, 2.05) is 34.0 Å². The van der Waals surface area contributed by atoms with Crippen molar-refractivity contribution < 1.29 is 10.0 Å². The number of fused-ring (bicyclic) bond motifs is 1. The Bertz CT molecular complexity index is 523. The van der Waals surface area contributed by atoms with Gasteiger partial charge in [0.15, 0.2) is 5.75 Å². The van der Waals surface area contributed by atoms with Gasteiger partial charge in [-0.2, -0.15) is 0 Å².